The van der Waals surface area contributed by atoms with Gasteiger partial charge in [0.2, 0.25) is 0 Å². The Bertz CT molecular complexity index is 811. The second-order valence-corrected chi connectivity index (χ2v) is 7.04. The van der Waals surface area contributed by atoms with Gasteiger partial charge in [0.25, 0.3) is 0 Å². The molecule has 2 heterocycles. The molecule has 0 spiro atoms. The summed E-state index contributed by atoms with van der Waals surface area (Å²) in [6.07, 6.45) is 1.85. The van der Waals surface area contributed by atoms with E-state index in [0.717, 1.165) is 22.1 Å². The normalized spacial score (nSPS) is 12.5. The van der Waals surface area contributed by atoms with Gasteiger partial charge in [0.05, 0.1) is 11.0 Å². The molecule has 0 aliphatic carbocycles. The molecule has 3 aromatic rings. The molecule has 2 nitrogen and oxygen atoms in total. The Morgan fingerprint density at radius 2 is 1.76 bits per heavy atom. The highest BCUT2D eigenvalue weighted by Gasteiger charge is 2.20. The number of hydrogen-bond donors (Lipinski definition) is 0. The van der Waals surface area contributed by atoms with Crippen LogP contribution >= 0.6 is 0 Å². The van der Waals surface area contributed by atoms with Gasteiger partial charge in [0, 0.05) is 22.7 Å². The van der Waals surface area contributed by atoms with Crippen LogP contribution in [0.1, 0.15) is 51.8 Å². The summed E-state index contributed by atoms with van der Waals surface area (Å²) in [4.78, 5) is 9.49. The summed E-state index contributed by atoms with van der Waals surface area (Å²) >= 11 is 0. The molecule has 0 fully saturated rings. The quantitative estimate of drug-likeness (QED) is 0.571. The van der Waals surface area contributed by atoms with Crippen LogP contribution < -0.4 is 0 Å². The van der Waals surface area contributed by atoms with Crippen molar-refractivity contribution in [1.29, 1.82) is 0 Å². The van der Waals surface area contributed by atoms with Gasteiger partial charge in [-0.2, -0.15) is 0 Å². The molecule has 0 aliphatic heterocycles. The molecule has 2 aromatic heterocycles. The zero-order valence-corrected chi connectivity index (χ0v) is 13.4. The summed E-state index contributed by atoms with van der Waals surface area (Å²) in [5.41, 5.74) is 4.62. The molecule has 0 atom stereocenters. The molecule has 0 radical (unpaired) electrons. The number of pyridine rings is 2. The molecule has 108 valence electrons. The molecular formula is C19H22N2. The fourth-order valence-corrected chi connectivity index (χ4v) is 2.76. The van der Waals surface area contributed by atoms with Gasteiger partial charge in [-0.25, -0.2) is 0 Å². The average Bonchev–Trinajstić information content (AvgIpc) is 2.44. The van der Waals surface area contributed by atoms with Crippen LogP contribution in [0.5, 0.6) is 0 Å². The van der Waals surface area contributed by atoms with Crippen LogP contribution in [-0.2, 0) is 5.41 Å². The summed E-state index contributed by atoms with van der Waals surface area (Å²) in [5, 5.41) is 2.37. The van der Waals surface area contributed by atoms with Crippen LogP contribution in [0.15, 0.2) is 36.5 Å². The van der Waals surface area contributed by atoms with Gasteiger partial charge < -0.3 is 0 Å². The zero-order chi connectivity index (χ0) is 15.2. The van der Waals surface area contributed by atoms with Crippen LogP contribution in [0.4, 0.5) is 0 Å². The molecule has 0 saturated heterocycles. The highest BCUT2D eigenvalue weighted by atomic mass is 14.8. The lowest BCUT2D eigenvalue weighted by molar-refractivity contribution is 0.593. The summed E-state index contributed by atoms with van der Waals surface area (Å²) in [7, 11) is 0. The SMILES string of the molecule is CC(C)c1cc(C(C)(C)C)c2ccc3cccnc3c2n1. The molecule has 21 heavy (non-hydrogen) atoms. The number of benzene rings is 1. The van der Waals surface area contributed by atoms with Crippen molar-refractivity contribution in [3.63, 3.8) is 0 Å². The minimum Gasteiger partial charge on any atom is -0.254 e. The molecule has 0 unspecified atom stereocenters. The van der Waals surface area contributed by atoms with E-state index >= 15 is 0 Å². The predicted molar refractivity (Wildman–Crippen MR) is 89.8 cm³/mol. The first-order chi connectivity index (χ1) is 9.88. The summed E-state index contributed by atoms with van der Waals surface area (Å²) in [6, 6.07) is 10.7. The van der Waals surface area contributed by atoms with Gasteiger partial charge in [-0.1, -0.05) is 52.8 Å². The smallest absolute Gasteiger partial charge is 0.0970 e. The molecule has 0 aliphatic rings. The number of rotatable bonds is 1. The average molecular weight is 278 g/mol. The maximum absolute atomic E-state index is 4.91. The molecule has 3 rings (SSSR count). The van der Waals surface area contributed by atoms with Crippen molar-refractivity contribution >= 4 is 21.8 Å². The lowest BCUT2D eigenvalue weighted by Crippen LogP contribution is -2.13. The number of nitrogens with zero attached hydrogens (tertiary/aromatic N) is 2. The van der Waals surface area contributed by atoms with Gasteiger partial charge >= 0.3 is 0 Å². The van der Waals surface area contributed by atoms with Gasteiger partial charge in [-0.3, -0.25) is 9.97 Å². The second kappa shape index (κ2) is 4.80. The van der Waals surface area contributed by atoms with E-state index < -0.39 is 0 Å². The number of fused-ring (bicyclic) bond motifs is 3. The van der Waals surface area contributed by atoms with Crippen LogP contribution in [-0.4, -0.2) is 9.97 Å². The van der Waals surface area contributed by atoms with Crippen LogP contribution in [0.25, 0.3) is 21.8 Å². The van der Waals surface area contributed by atoms with E-state index in [2.05, 4.69) is 63.9 Å². The summed E-state index contributed by atoms with van der Waals surface area (Å²) in [6.45, 7) is 11.2. The monoisotopic (exact) mass is 278 g/mol. The van der Waals surface area contributed by atoms with E-state index in [1.54, 1.807) is 0 Å². The van der Waals surface area contributed by atoms with Crippen molar-refractivity contribution in [2.75, 3.05) is 0 Å². The first-order valence-electron chi connectivity index (χ1n) is 7.57. The van der Waals surface area contributed by atoms with Crippen LogP contribution in [0, 0.1) is 0 Å². The molecule has 0 amide bonds. The molecular weight excluding hydrogens is 256 g/mol. The third-order valence-corrected chi connectivity index (χ3v) is 3.97. The fourth-order valence-electron chi connectivity index (χ4n) is 2.76. The van der Waals surface area contributed by atoms with Gasteiger partial charge in [0.1, 0.15) is 0 Å². The Hall–Kier alpha value is -1.96. The van der Waals surface area contributed by atoms with E-state index in [1.165, 1.54) is 10.9 Å². The highest BCUT2D eigenvalue weighted by Crippen LogP contribution is 2.34. The topological polar surface area (TPSA) is 25.8 Å². The molecule has 0 N–H and O–H groups in total. The van der Waals surface area contributed by atoms with Gasteiger partial charge in [0.15, 0.2) is 0 Å². The third kappa shape index (κ3) is 2.39. The Balaban J connectivity index is 2.49. The Morgan fingerprint density at radius 3 is 2.43 bits per heavy atom. The third-order valence-electron chi connectivity index (χ3n) is 3.97. The molecule has 2 heteroatoms. The standard InChI is InChI=1S/C19H22N2/c1-12(2)16-11-15(19(3,4)5)14-9-8-13-7-6-10-20-17(13)18(14)21-16/h6-12H,1-5H3. The number of hydrogen-bond acceptors (Lipinski definition) is 2. The van der Waals surface area contributed by atoms with E-state index in [4.69, 9.17) is 4.98 Å². The molecule has 0 saturated carbocycles. The maximum Gasteiger partial charge on any atom is 0.0970 e. The minimum atomic E-state index is 0.0906. The van der Waals surface area contributed by atoms with Crippen molar-refractivity contribution in [1.82, 2.24) is 9.97 Å². The molecule has 0 bridgehead atoms. The van der Waals surface area contributed by atoms with Crippen molar-refractivity contribution in [2.24, 2.45) is 0 Å². The first-order valence-corrected chi connectivity index (χ1v) is 7.57. The fraction of sp³-hybridized carbons (Fsp3) is 0.368. The number of aromatic nitrogens is 2. The maximum atomic E-state index is 4.91. The summed E-state index contributed by atoms with van der Waals surface area (Å²) in [5.74, 6) is 0.412. The van der Waals surface area contributed by atoms with Gasteiger partial charge in [-0.05, 0) is 29.0 Å². The van der Waals surface area contributed by atoms with E-state index in [0.29, 0.717) is 5.92 Å². The molecule has 1 aromatic carbocycles. The Kier molecular flexibility index (Phi) is 3.20. The van der Waals surface area contributed by atoms with Crippen molar-refractivity contribution in [3.8, 4) is 0 Å². The van der Waals surface area contributed by atoms with Crippen LogP contribution in [0.3, 0.4) is 0 Å². The van der Waals surface area contributed by atoms with Crippen molar-refractivity contribution < 1.29 is 0 Å². The Morgan fingerprint density at radius 1 is 1.00 bits per heavy atom. The van der Waals surface area contributed by atoms with E-state index in [1.807, 2.05) is 12.3 Å². The van der Waals surface area contributed by atoms with Crippen molar-refractivity contribution in [3.05, 3.63) is 47.8 Å². The van der Waals surface area contributed by atoms with Crippen molar-refractivity contribution in [2.45, 2.75) is 46.0 Å². The van der Waals surface area contributed by atoms with Crippen LogP contribution in [0.2, 0.25) is 0 Å². The highest BCUT2D eigenvalue weighted by molar-refractivity contribution is 6.04. The lowest BCUT2D eigenvalue weighted by Gasteiger charge is -2.23. The lowest BCUT2D eigenvalue weighted by atomic mass is 9.83. The first kappa shape index (κ1) is 14.0. The Labute approximate surface area is 126 Å². The zero-order valence-electron chi connectivity index (χ0n) is 13.4. The second-order valence-electron chi connectivity index (χ2n) is 7.04. The largest absolute Gasteiger partial charge is 0.254 e. The minimum absolute atomic E-state index is 0.0906. The predicted octanol–water partition coefficient (Wildman–Crippen LogP) is 5.20. The van der Waals surface area contributed by atoms with E-state index in [9.17, 15) is 0 Å². The van der Waals surface area contributed by atoms with Gasteiger partial charge in [-0.15, -0.1) is 0 Å². The summed E-state index contributed by atoms with van der Waals surface area (Å²) < 4.78 is 0. The van der Waals surface area contributed by atoms with E-state index in [-0.39, 0.29) is 5.41 Å².